The van der Waals surface area contributed by atoms with Crippen molar-refractivity contribution >= 4 is 22.7 Å². The molecule has 4 nitrogen and oxygen atoms in total. The molecule has 3 heterocycles. The molecule has 0 bridgehead atoms. The number of aliphatic hydroxyl groups excluding tert-OH is 1. The van der Waals surface area contributed by atoms with Crippen molar-refractivity contribution in [2.24, 2.45) is 0 Å². The van der Waals surface area contributed by atoms with E-state index in [1.165, 1.54) is 15.3 Å². The summed E-state index contributed by atoms with van der Waals surface area (Å²) in [5.74, 6) is 1.41. The molecule has 0 fully saturated rings. The Morgan fingerprint density at radius 1 is 1.15 bits per heavy atom. The Bertz CT molecular complexity index is 891. The van der Waals surface area contributed by atoms with Gasteiger partial charge in [-0.3, -0.25) is 4.90 Å². The monoisotopic (exact) mass is 401 g/mol. The highest BCUT2D eigenvalue weighted by molar-refractivity contribution is 7.10. The van der Waals surface area contributed by atoms with E-state index < -0.39 is 6.10 Å². The highest BCUT2D eigenvalue weighted by Crippen LogP contribution is 2.41. The van der Waals surface area contributed by atoms with E-state index in [0.717, 1.165) is 24.3 Å². The molecule has 0 spiro atoms. The average molecular weight is 402 g/mol. The van der Waals surface area contributed by atoms with Crippen molar-refractivity contribution in [1.82, 2.24) is 4.90 Å². The smallest absolute Gasteiger partial charge is 0.124 e. The fourth-order valence-corrected chi connectivity index (χ4v) is 5.55. The number of aliphatic hydroxyl groups is 1. The van der Waals surface area contributed by atoms with E-state index in [1.807, 2.05) is 29.5 Å². The quantitative estimate of drug-likeness (QED) is 0.660. The van der Waals surface area contributed by atoms with E-state index in [-0.39, 0.29) is 6.04 Å². The summed E-state index contributed by atoms with van der Waals surface area (Å²) in [6.45, 7) is 1.47. The van der Waals surface area contributed by atoms with Gasteiger partial charge in [0.1, 0.15) is 11.5 Å². The van der Waals surface area contributed by atoms with Gasteiger partial charge >= 0.3 is 0 Å². The number of thiophene rings is 2. The van der Waals surface area contributed by atoms with Crippen LogP contribution in [-0.4, -0.2) is 37.3 Å². The van der Waals surface area contributed by atoms with Crippen LogP contribution in [0.5, 0.6) is 11.5 Å². The lowest BCUT2D eigenvalue weighted by molar-refractivity contribution is 0.0915. The summed E-state index contributed by atoms with van der Waals surface area (Å²) in [7, 11) is 3.26. The van der Waals surface area contributed by atoms with E-state index in [4.69, 9.17) is 9.47 Å². The first-order valence-electron chi connectivity index (χ1n) is 8.95. The minimum atomic E-state index is -0.655. The normalized spacial score (nSPS) is 18.1. The maximum atomic E-state index is 11.0. The topological polar surface area (TPSA) is 41.9 Å². The van der Waals surface area contributed by atoms with E-state index in [0.29, 0.717) is 12.3 Å². The molecule has 0 saturated heterocycles. The first-order chi connectivity index (χ1) is 13.2. The molecular formula is C21H23NO3S2. The molecule has 0 amide bonds. The second-order valence-corrected chi connectivity index (χ2v) is 8.57. The number of ether oxygens (including phenoxy) is 2. The summed E-state index contributed by atoms with van der Waals surface area (Å²) in [5, 5.41) is 15.3. The van der Waals surface area contributed by atoms with Crippen molar-refractivity contribution in [3.63, 3.8) is 0 Å². The van der Waals surface area contributed by atoms with Gasteiger partial charge in [0, 0.05) is 28.4 Å². The van der Waals surface area contributed by atoms with Crippen LogP contribution < -0.4 is 9.47 Å². The Balaban J connectivity index is 1.63. The first kappa shape index (κ1) is 18.5. The number of fused-ring (bicyclic) bond motifs is 1. The van der Waals surface area contributed by atoms with Crippen LogP contribution in [0.4, 0.5) is 0 Å². The molecule has 0 radical (unpaired) electrons. The van der Waals surface area contributed by atoms with Crippen molar-refractivity contribution in [2.45, 2.75) is 18.6 Å². The van der Waals surface area contributed by atoms with E-state index >= 15 is 0 Å². The zero-order valence-corrected chi connectivity index (χ0v) is 17.1. The summed E-state index contributed by atoms with van der Waals surface area (Å²) in [6, 6.07) is 12.3. The van der Waals surface area contributed by atoms with Gasteiger partial charge < -0.3 is 14.6 Å². The minimum Gasteiger partial charge on any atom is -0.497 e. The molecule has 27 heavy (non-hydrogen) atoms. The number of hydrogen-bond donors (Lipinski definition) is 1. The van der Waals surface area contributed by atoms with Gasteiger partial charge in [-0.25, -0.2) is 0 Å². The highest BCUT2D eigenvalue weighted by Gasteiger charge is 2.32. The molecule has 142 valence electrons. The van der Waals surface area contributed by atoms with Crippen LogP contribution in [0.3, 0.4) is 0 Å². The third-order valence-electron chi connectivity index (χ3n) is 5.08. The molecule has 1 aromatic carbocycles. The minimum absolute atomic E-state index is 0.200. The Morgan fingerprint density at radius 2 is 2.04 bits per heavy atom. The molecule has 1 aliphatic heterocycles. The third kappa shape index (κ3) is 3.62. The van der Waals surface area contributed by atoms with Gasteiger partial charge in [-0.05, 0) is 53.1 Å². The Morgan fingerprint density at radius 3 is 2.78 bits per heavy atom. The van der Waals surface area contributed by atoms with Crippen molar-refractivity contribution in [1.29, 1.82) is 0 Å². The van der Waals surface area contributed by atoms with E-state index in [9.17, 15) is 5.11 Å². The van der Waals surface area contributed by atoms with Crippen LogP contribution >= 0.6 is 22.7 Å². The fourth-order valence-electron chi connectivity index (χ4n) is 3.77. The molecule has 0 saturated carbocycles. The van der Waals surface area contributed by atoms with Crippen LogP contribution in [0, 0.1) is 0 Å². The second kappa shape index (κ2) is 8.02. The second-order valence-electron chi connectivity index (χ2n) is 6.59. The van der Waals surface area contributed by atoms with Crippen LogP contribution in [0.1, 0.15) is 33.0 Å². The van der Waals surface area contributed by atoms with Gasteiger partial charge in [-0.1, -0.05) is 6.07 Å². The van der Waals surface area contributed by atoms with Gasteiger partial charge in [0.2, 0.25) is 0 Å². The van der Waals surface area contributed by atoms with Crippen LogP contribution in [0.15, 0.2) is 47.2 Å². The molecule has 1 aliphatic rings. The number of nitrogens with zero attached hydrogens (tertiary/aromatic N) is 1. The van der Waals surface area contributed by atoms with E-state index in [2.05, 4.69) is 33.9 Å². The van der Waals surface area contributed by atoms with Crippen LogP contribution in [-0.2, 0) is 6.42 Å². The van der Waals surface area contributed by atoms with E-state index in [1.54, 1.807) is 25.6 Å². The Hall–Kier alpha value is -1.86. The standard InChI is InChI=1S/C21H23NO3S2/c1-24-14-5-6-18(25-2)16(12-14)17(23)13-22-9-7-19-15(8-11-27-19)21(22)20-4-3-10-26-20/h3-6,8,10-12,17,21,23H,7,9,13H2,1-2H3/t17-,21-/m1/s1. The van der Waals surface area contributed by atoms with Gasteiger partial charge in [0.05, 0.1) is 26.4 Å². The third-order valence-corrected chi connectivity index (χ3v) is 7.00. The zero-order valence-electron chi connectivity index (χ0n) is 15.4. The number of benzene rings is 1. The summed E-state index contributed by atoms with van der Waals surface area (Å²) in [6.07, 6.45) is 0.370. The lowest BCUT2D eigenvalue weighted by Crippen LogP contribution is -2.38. The highest BCUT2D eigenvalue weighted by atomic mass is 32.1. The van der Waals surface area contributed by atoms with Crippen molar-refractivity contribution in [3.8, 4) is 11.5 Å². The molecule has 2 atom stereocenters. The summed E-state index contributed by atoms with van der Waals surface area (Å²) in [5.41, 5.74) is 2.14. The molecule has 2 aromatic heterocycles. The zero-order chi connectivity index (χ0) is 18.8. The summed E-state index contributed by atoms with van der Waals surface area (Å²) >= 11 is 3.61. The summed E-state index contributed by atoms with van der Waals surface area (Å²) < 4.78 is 10.8. The Kier molecular flexibility index (Phi) is 5.50. The molecule has 1 N–H and O–H groups in total. The maximum absolute atomic E-state index is 11.0. The van der Waals surface area contributed by atoms with Crippen molar-refractivity contribution in [2.75, 3.05) is 27.3 Å². The lowest BCUT2D eigenvalue weighted by atomic mass is 9.97. The van der Waals surface area contributed by atoms with Crippen LogP contribution in [0.25, 0.3) is 0 Å². The average Bonchev–Trinajstić information content (AvgIpc) is 3.39. The van der Waals surface area contributed by atoms with Gasteiger partial charge in [-0.15, -0.1) is 22.7 Å². The van der Waals surface area contributed by atoms with Crippen molar-refractivity contribution < 1.29 is 14.6 Å². The van der Waals surface area contributed by atoms with Gasteiger partial charge in [-0.2, -0.15) is 0 Å². The molecule has 6 heteroatoms. The molecule has 0 aliphatic carbocycles. The fraction of sp³-hybridized carbons (Fsp3) is 0.333. The maximum Gasteiger partial charge on any atom is 0.124 e. The van der Waals surface area contributed by atoms with Gasteiger partial charge in [0.25, 0.3) is 0 Å². The van der Waals surface area contributed by atoms with Gasteiger partial charge in [0.15, 0.2) is 0 Å². The number of hydrogen-bond acceptors (Lipinski definition) is 6. The molecule has 4 rings (SSSR count). The predicted octanol–water partition coefficient (Wildman–Crippen LogP) is 4.51. The number of rotatable bonds is 6. The summed E-state index contributed by atoms with van der Waals surface area (Å²) in [4.78, 5) is 5.15. The molecular weight excluding hydrogens is 378 g/mol. The molecule has 0 unspecified atom stereocenters. The first-order valence-corrected chi connectivity index (χ1v) is 10.7. The number of β-amino-alcohol motifs (C(OH)–C–C–N with tert-alkyl or cyclic N) is 1. The largest absolute Gasteiger partial charge is 0.497 e. The number of methoxy groups -OCH3 is 2. The Labute approximate surface area is 167 Å². The van der Waals surface area contributed by atoms with Crippen LogP contribution in [0.2, 0.25) is 0 Å². The predicted molar refractivity (Wildman–Crippen MR) is 110 cm³/mol. The lowest BCUT2D eigenvalue weighted by Gasteiger charge is -2.36. The SMILES string of the molecule is COc1ccc(OC)c([C@H](O)CN2CCc3sccc3[C@@H]2c2cccs2)c1. The van der Waals surface area contributed by atoms with Crippen molar-refractivity contribution in [3.05, 3.63) is 68.0 Å². The molecule has 3 aromatic rings.